The first kappa shape index (κ1) is 11.7. The summed E-state index contributed by atoms with van der Waals surface area (Å²) in [7, 11) is 1.19. The average Bonchev–Trinajstić information content (AvgIpc) is 2.07. The molecule has 0 atom stereocenters. The maximum atomic E-state index is 12.4. The first-order valence-corrected chi connectivity index (χ1v) is 4.74. The van der Waals surface area contributed by atoms with Gasteiger partial charge in [-0.3, -0.25) is 0 Å². The molecule has 14 heavy (non-hydrogen) atoms. The summed E-state index contributed by atoms with van der Waals surface area (Å²) in [6, 6.07) is 2.16. The highest BCUT2D eigenvalue weighted by molar-refractivity contribution is 9.10. The van der Waals surface area contributed by atoms with Crippen LogP contribution in [0.5, 0.6) is 5.75 Å². The summed E-state index contributed by atoms with van der Waals surface area (Å²) >= 11 is 6.95. The van der Waals surface area contributed by atoms with Crippen molar-refractivity contribution in [1.29, 1.82) is 0 Å². The minimum Gasteiger partial charge on any atom is -0.496 e. The highest BCUT2D eigenvalue weighted by atomic mass is 79.9. The molecule has 1 nitrogen and oxygen atoms in total. The van der Waals surface area contributed by atoms with E-state index in [0.29, 0.717) is 4.47 Å². The van der Waals surface area contributed by atoms with Gasteiger partial charge in [-0.25, -0.2) is 0 Å². The van der Waals surface area contributed by atoms with Gasteiger partial charge in [0.1, 0.15) is 5.75 Å². The minimum absolute atomic E-state index is 0.220. The summed E-state index contributed by atoms with van der Waals surface area (Å²) in [5, 5.41) is 0. The molecule has 0 spiro atoms. The maximum Gasteiger partial charge on any atom is 0.420 e. The zero-order valence-corrected chi connectivity index (χ0v) is 9.50. The van der Waals surface area contributed by atoms with Crippen LogP contribution < -0.4 is 4.74 Å². The van der Waals surface area contributed by atoms with Crippen molar-refractivity contribution < 1.29 is 17.9 Å². The number of hydrogen-bond acceptors (Lipinski definition) is 2. The van der Waals surface area contributed by atoms with Gasteiger partial charge in [-0.2, -0.15) is 13.2 Å². The van der Waals surface area contributed by atoms with Gasteiger partial charge < -0.3 is 4.74 Å². The smallest absolute Gasteiger partial charge is 0.420 e. The van der Waals surface area contributed by atoms with E-state index in [1.54, 1.807) is 0 Å². The largest absolute Gasteiger partial charge is 0.496 e. The molecule has 1 aromatic carbocycles. The van der Waals surface area contributed by atoms with Crippen molar-refractivity contribution in [2.45, 2.75) is 11.1 Å². The third-order valence-corrected chi connectivity index (χ3v) is 2.91. The average molecular weight is 287 g/mol. The number of halogens is 4. The third kappa shape index (κ3) is 2.36. The molecule has 0 heterocycles. The molecule has 0 aliphatic carbocycles. The van der Waals surface area contributed by atoms with Gasteiger partial charge in [0.25, 0.3) is 0 Å². The van der Waals surface area contributed by atoms with Crippen LogP contribution in [0.3, 0.4) is 0 Å². The Hall–Kier alpha value is -0.360. The lowest BCUT2D eigenvalue weighted by molar-refractivity contribution is -0.138. The van der Waals surface area contributed by atoms with Gasteiger partial charge in [0.15, 0.2) is 0 Å². The first-order valence-electron chi connectivity index (χ1n) is 3.50. The zero-order valence-electron chi connectivity index (χ0n) is 7.02. The van der Waals surface area contributed by atoms with Gasteiger partial charge >= 0.3 is 6.18 Å². The number of ether oxygens (including phenoxy) is 1. The fraction of sp³-hybridized carbons (Fsp3) is 0.250. The molecule has 0 unspecified atom stereocenters. The number of thiol groups is 1. The van der Waals surface area contributed by atoms with Crippen LogP contribution in [0.25, 0.3) is 0 Å². The Bertz CT molecular complexity index is 351. The fourth-order valence-corrected chi connectivity index (χ4v) is 1.45. The van der Waals surface area contributed by atoms with E-state index in [0.717, 1.165) is 6.07 Å². The molecule has 78 valence electrons. The molecule has 0 amide bonds. The molecular formula is C8H6BrF3OS. The van der Waals surface area contributed by atoms with Crippen LogP contribution in [0.15, 0.2) is 21.5 Å². The standard InChI is InChI=1S/C8H6BrF3OS/c1-13-6-3-5(9)7(14)2-4(6)8(10,11)12/h2-3,14H,1H3. The molecule has 0 saturated carbocycles. The van der Waals surface area contributed by atoms with E-state index in [1.165, 1.54) is 13.2 Å². The van der Waals surface area contributed by atoms with Gasteiger partial charge in [0, 0.05) is 9.37 Å². The van der Waals surface area contributed by atoms with E-state index in [-0.39, 0.29) is 10.6 Å². The molecule has 0 bridgehead atoms. The van der Waals surface area contributed by atoms with Gasteiger partial charge in [0.2, 0.25) is 0 Å². The Morgan fingerprint density at radius 1 is 1.36 bits per heavy atom. The molecule has 0 saturated heterocycles. The molecule has 0 N–H and O–H groups in total. The zero-order chi connectivity index (χ0) is 10.9. The number of benzene rings is 1. The molecule has 0 aromatic heterocycles. The Morgan fingerprint density at radius 3 is 2.36 bits per heavy atom. The van der Waals surface area contributed by atoms with Crippen molar-refractivity contribution in [2.75, 3.05) is 7.11 Å². The van der Waals surface area contributed by atoms with Crippen molar-refractivity contribution in [3.8, 4) is 5.75 Å². The van der Waals surface area contributed by atoms with Crippen LogP contribution in [0.4, 0.5) is 13.2 Å². The Balaban J connectivity index is 3.35. The van der Waals surface area contributed by atoms with Crippen LogP contribution in [-0.4, -0.2) is 7.11 Å². The van der Waals surface area contributed by atoms with Crippen LogP contribution in [0.1, 0.15) is 5.56 Å². The van der Waals surface area contributed by atoms with Gasteiger partial charge in [-0.05, 0) is 28.1 Å². The lowest BCUT2D eigenvalue weighted by atomic mass is 10.2. The summed E-state index contributed by atoms with van der Waals surface area (Å²) < 4.78 is 42.3. The highest BCUT2D eigenvalue weighted by Gasteiger charge is 2.34. The lowest BCUT2D eigenvalue weighted by Crippen LogP contribution is -2.07. The molecule has 0 fully saturated rings. The van der Waals surface area contributed by atoms with Crippen LogP contribution >= 0.6 is 28.6 Å². The normalized spacial score (nSPS) is 11.6. The summed E-state index contributed by atoms with van der Waals surface area (Å²) in [6.45, 7) is 0. The topological polar surface area (TPSA) is 9.23 Å². The SMILES string of the molecule is COc1cc(Br)c(S)cc1C(F)(F)F. The van der Waals surface area contributed by atoms with E-state index in [9.17, 15) is 13.2 Å². The molecule has 6 heteroatoms. The van der Waals surface area contributed by atoms with E-state index < -0.39 is 11.7 Å². The number of hydrogen-bond donors (Lipinski definition) is 1. The second-order valence-electron chi connectivity index (χ2n) is 2.50. The summed E-state index contributed by atoms with van der Waals surface area (Å²) in [5.74, 6) is -0.220. The molecule has 1 rings (SSSR count). The number of methoxy groups -OCH3 is 1. The number of rotatable bonds is 1. The van der Waals surface area contributed by atoms with Crippen molar-refractivity contribution in [1.82, 2.24) is 0 Å². The van der Waals surface area contributed by atoms with E-state index in [1.807, 2.05) is 0 Å². The second kappa shape index (κ2) is 4.02. The van der Waals surface area contributed by atoms with E-state index >= 15 is 0 Å². The molecule has 0 radical (unpaired) electrons. The lowest BCUT2D eigenvalue weighted by Gasteiger charge is -2.13. The second-order valence-corrected chi connectivity index (χ2v) is 3.84. The Labute approximate surface area is 92.8 Å². The van der Waals surface area contributed by atoms with Gasteiger partial charge in [0.05, 0.1) is 12.7 Å². The van der Waals surface area contributed by atoms with Crippen LogP contribution in [0.2, 0.25) is 0 Å². The van der Waals surface area contributed by atoms with Crippen molar-refractivity contribution in [3.05, 3.63) is 22.2 Å². The quantitative estimate of drug-likeness (QED) is 0.774. The fourth-order valence-electron chi connectivity index (χ4n) is 0.934. The first-order chi connectivity index (χ1) is 6.36. The minimum atomic E-state index is -4.43. The monoisotopic (exact) mass is 286 g/mol. The summed E-state index contributed by atoms with van der Waals surface area (Å²) in [4.78, 5) is 0.220. The molecular weight excluding hydrogens is 281 g/mol. The van der Waals surface area contributed by atoms with Gasteiger partial charge in [-0.15, -0.1) is 12.6 Å². The third-order valence-electron chi connectivity index (χ3n) is 1.57. The van der Waals surface area contributed by atoms with Crippen LogP contribution in [0, 0.1) is 0 Å². The molecule has 1 aromatic rings. The van der Waals surface area contributed by atoms with Crippen molar-refractivity contribution in [2.24, 2.45) is 0 Å². The van der Waals surface area contributed by atoms with Crippen LogP contribution in [-0.2, 0) is 6.18 Å². The molecule has 0 aliphatic heterocycles. The summed E-state index contributed by atoms with van der Waals surface area (Å²) in [5.41, 5.74) is -0.826. The van der Waals surface area contributed by atoms with Crippen molar-refractivity contribution >= 4 is 28.6 Å². The predicted molar refractivity (Wildman–Crippen MR) is 52.9 cm³/mol. The predicted octanol–water partition coefficient (Wildman–Crippen LogP) is 3.77. The Morgan fingerprint density at radius 2 is 1.93 bits per heavy atom. The van der Waals surface area contributed by atoms with Crippen molar-refractivity contribution in [3.63, 3.8) is 0 Å². The summed E-state index contributed by atoms with van der Waals surface area (Å²) in [6.07, 6.45) is -4.43. The van der Waals surface area contributed by atoms with Gasteiger partial charge in [-0.1, -0.05) is 0 Å². The Kier molecular flexibility index (Phi) is 3.36. The number of alkyl halides is 3. The van der Waals surface area contributed by atoms with E-state index in [2.05, 4.69) is 33.3 Å². The van der Waals surface area contributed by atoms with E-state index in [4.69, 9.17) is 0 Å². The molecule has 0 aliphatic rings. The maximum absolute atomic E-state index is 12.4. The highest BCUT2D eigenvalue weighted by Crippen LogP contribution is 2.39.